The molecule has 0 aromatic carbocycles. The first-order chi connectivity index (χ1) is 9.19. The summed E-state index contributed by atoms with van der Waals surface area (Å²) in [4.78, 5) is 15.4. The normalized spacial score (nSPS) is 23.1. The van der Waals surface area contributed by atoms with Gasteiger partial charge in [-0.2, -0.15) is 4.39 Å². The molecule has 2 rings (SSSR count). The number of nitrogens with zero attached hydrogens (tertiary/aromatic N) is 1. The van der Waals surface area contributed by atoms with Crippen LogP contribution in [-0.4, -0.2) is 11.0 Å². The molecule has 104 valence electrons. The van der Waals surface area contributed by atoms with E-state index in [4.69, 9.17) is 4.74 Å². The summed E-state index contributed by atoms with van der Waals surface area (Å²) >= 11 is 0. The molecule has 3 nitrogen and oxygen atoms in total. The van der Waals surface area contributed by atoms with Crippen molar-refractivity contribution >= 4 is 5.97 Å². The molecule has 1 aromatic heterocycles. The lowest BCUT2D eigenvalue weighted by atomic mass is 9.80. The monoisotopic (exact) mass is 265 g/mol. The fourth-order valence-electron chi connectivity index (χ4n) is 2.72. The summed E-state index contributed by atoms with van der Waals surface area (Å²) < 4.78 is 17.9. The summed E-state index contributed by atoms with van der Waals surface area (Å²) in [6.45, 7) is 2.20. The van der Waals surface area contributed by atoms with Crippen molar-refractivity contribution < 1.29 is 13.9 Å². The van der Waals surface area contributed by atoms with E-state index in [1.54, 1.807) is 0 Å². The van der Waals surface area contributed by atoms with Crippen LogP contribution in [0.5, 0.6) is 5.75 Å². The molecule has 1 aromatic rings. The second-order valence-electron chi connectivity index (χ2n) is 5.24. The summed E-state index contributed by atoms with van der Waals surface area (Å²) in [7, 11) is 0. The fourth-order valence-corrected chi connectivity index (χ4v) is 2.72. The van der Waals surface area contributed by atoms with Crippen LogP contribution in [0.1, 0.15) is 45.4 Å². The van der Waals surface area contributed by atoms with Gasteiger partial charge in [0.25, 0.3) is 0 Å². The summed E-state index contributed by atoms with van der Waals surface area (Å²) in [6.07, 6.45) is 7.72. The van der Waals surface area contributed by atoms with Gasteiger partial charge in [0.05, 0.1) is 12.1 Å². The molecule has 0 amide bonds. The zero-order valence-electron chi connectivity index (χ0n) is 11.3. The van der Waals surface area contributed by atoms with Crippen molar-refractivity contribution in [2.75, 3.05) is 0 Å². The molecule has 0 N–H and O–H groups in total. The minimum absolute atomic E-state index is 0.0156. The van der Waals surface area contributed by atoms with Crippen molar-refractivity contribution in [1.29, 1.82) is 0 Å². The highest BCUT2D eigenvalue weighted by molar-refractivity contribution is 5.75. The minimum atomic E-state index is -0.570. The maximum absolute atomic E-state index is 12.6. The van der Waals surface area contributed by atoms with Crippen LogP contribution in [-0.2, 0) is 4.79 Å². The third-order valence-corrected chi connectivity index (χ3v) is 3.80. The molecule has 0 bridgehead atoms. The van der Waals surface area contributed by atoms with Crippen LogP contribution < -0.4 is 4.74 Å². The van der Waals surface area contributed by atoms with E-state index in [1.807, 2.05) is 0 Å². The number of rotatable bonds is 4. The molecular formula is C15H20FNO2. The highest BCUT2D eigenvalue weighted by atomic mass is 19.1. The van der Waals surface area contributed by atoms with Gasteiger partial charge in [-0.05, 0) is 43.7 Å². The van der Waals surface area contributed by atoms with Crippen LogP contribution >= 0.6 is 0 Å². The van der Waals surface area contributed by atoms with Gasteiger partial charge in [-0.25, -0.2) is 4.98 Å². The number of halogens is 1. The molecule has 0 spiro atoms. The van der Waals surface area contributed by atoms with Gasteiger partial charge in [0.1, 0.15) is 5.75 Å². The quantitative estimate of drug-likeness (QED) is 0.615. The van der Waals surface area contributed by atoms with E-state index in [0.717, 1.165) is 31.6 Å². The van der Waals surface area contributed by atoms with Gasteiger partial charge in [0.2, 0.25) is 5.95 Å². The summed E-state index contributed by atoms with van der Waals surface area (Å²) in [6, 6.07) is 2.63. The molecule has 1 fully saturated rings. The van der Waals surface area contributed by atoms with E-state index in [2.05, 4.69) is 11.9 Å². The standard InChI is InChI=1S/C15H20FNO2/c1-2-3-11-4-6-12(7-5-11)15(18)19-13-8-9-14(16)17-10-13/h8-12H,2-7H2,1H3/t11-,12-. The summed E-state index contributed by atoms with van der Waals surface area (Å²) in [5, 5.41) is 0. The molecule has 0 radical (unpaired) electrons. The van der Waals surface area contributed by atoms with E-state index >= 15 is 0 Å². The van der Waals surface area contributed by atoms with Gasteiger partial charge in [-0.3, -0.25) is 4.79 Å². The van der Waals surface area contributed by atoms with E-state index in [1.165, 1.54) is 31.2 Å². The predicted molar refractivity (Wildman–Crippen MR) is 70.2 cm³/mol. The molecule has 1 saturated carbocycles. The molecule has 1 aliphatic rings. The number of aromatic nitrogens is 1. The van der Waals surface area contributed by atoms with Crippen molar-refractivity contribution in [3.05, 3.63) is 24.3 Å². The zero-order valence-corrected chi connectivity index (χ0v) is 11.3. The first-order valence-corrected chi connectivity index (χ1v) is 7.02. The molecule has 0 aliphatic heterocycles. The number of carbonyl (C=O) groups is 1. The molecule has 19 heavy (non-hydrogen) atoms. The molecule has 0 unspecified atom stereocenters. The van der Waals surface area contributed by atoms with Crippen LogP contribution in [0.3, 0.4) is 0 Å². The fraction of sp³-hybridized carbons (Fsp3) is 0.600. The van der Waals surface area contributed by atoms with Crippen LogP contribution in [0.4, 0.5) is 4.39 Å². The van der Waals surface area contributed by atoms with Gasteiger partial charge in [-0.15, -0.1) is 0 Å². The lowest BCUT2D eigenvalue weighted by Crippen LogP contribution is -2.25. The Bertz CT molecular complexity index is 411. The van der Waals surface area contributed by atoms with E-state index in [-0.39, 0.29) is 11.9 Å². The Kier molecular flexibility index (Phi) is 4.88. The molecule has 1 heterocycles. The van der Waals surface area contributed by atoms with Crippen LogP contribution in [0.25, 0.3) is 0 Å². The third kappa shape index (κ3) is 4.01. The van der Waals surface area contributed by atoms with Crippen LogP contribution in [0.2, 0.25) is 0 Å². The zero-order chi connectivity index (χ0) is 13.7. The Labute approximate surface area is 113 Å². The first-order valence-electron chi connectivity index (χ1n) is 7.02. The highest BCUT2D eigenvalue weighted by Crippen LogP contribution is 2.32. The van der Waals surface area contributed by atoms with Crippen molar-refractivity contribution in [3.8, 4) is 5.75 Å². The Morgan fingerprint density at radius 3 is 2.68 bits per heavy atom. The summed E-state index contributed by atoms with van der Waals surface area (Å²) in [5.74, 6) is 0.296. The van der Waals surface area contributed by atoms with Gasteiger partial charge in [0, 0.05) is 0 Å². The van der Waals surface area contributed by atoms with Crippen LogP contribution in [0, 0.1) is 17.8 Å². The maximum Gasteiger partial charge on any atom is 0.314 e. The Morgan fingerprint density at radius 1 is 1.37 bits per heavy atom. The topological polar surface area (TPSA) is 39.2 Å². The second kappa shape index (κ2) is 6.64. The highest BCUT2D eigenvalue weighted by Gasteiger charge is 2.27. The van der Waals surface area contributed by atoms with Crippen molar-refractivity contribution in [1.82, 2.24) is 4.98 Å². The van der Waals surface area contributed by atoms with Gasteiger partial charge in [0.15, 0.2) is 0 Å². The number of esters is 1. The third-order valence-electron chi connectivity index (χ3n) is 3.80. The Morgan fingerprint density at radius 2 is 2.11 bits per heavy atom. The van der Waals surface area contributed by atoms with Crippen molar-refractivity contribution in [3.63, 3.8) is 0 Å². The maximum atomic E-state index is 12.6. The molecule has 1 aliphatic carbocycles. The Balaban J connectivity index is 1.83. The second-order valence-corrected chi connectivity index (χ2v) is 5.24. The van der Waals surface area contributed by atoms with Crippen molar-refractivity contribution in [2.45, 2.75) is 45.4 Å². The number of hydrogen-bond acceptors (Lipinski definition) is 3. The van der Waals surface area contributed by atoms with E-state index in [0.29, 0.717) is 5.75 Å². The van der Waals surface area contributed by atoms with Gasteiger partial charge in [-0.1, -0.05) is 19.8 Å². The number of hydrogen-bond donors (Lipinski definition) is 0. The SMILES string of the molecule is CCC[C@H]1CC[C@H](C(=O)Oc2ccc(F)nc2)CC1. The first kappa shape index (κ1) is 14.0. The predicted octanol–water partition coefficient (Wildman–Crippen LogP) is 3.73. The lowest BCUT2D eigenvalue weighted by molar-refractivity contribution is -0.140. The molecular weight excluding hydrogens is 245 g/mol. The molecule has 0 saturated heterocycles. The van der Waals surface area contributed by atoms with E-state index < -0.39 is 5.95 Å². The average Bonchev–Trinajstić information content (AvgIpc) is 2.42. The summed E-state index contributed by atoms with van der Waals surface area (Å²) in [5.41, 5.74) is 0. The lowest BCUT2D eigenvalue weighted by Gasteiger charge is -2.26. The minimum Gasteiger partial charge on any atom is -0.425 e. The Hall–Kier alpha value is -1.45. The van der Waals surface area contributed by atoms with Gasteiger partial charge >= 0.3 is 5.97 Å². The molecule has 0 atom stereocenters. The number of ether oxygens (including phenoxy) is 1. The van der Waals surface area contributed by atoms with Gasteiger partial charge < -0.3 is 4.74 Å². The number of pyridine rings is 1. The van der Waals surface area contributed by atoms with E-state index in [9.17, 15) is 9.18 Å². The average molecular weight is 265 g/mol. The van der Waals surface area contributed by atoms with Crippen LogP contribution in [0.15, 0.2) is 18.3 Å². The smallest absolute Gasteiger partial charge is 0.314 e. The van der Waals surface area contributed by atoms with Crippen molar-refractivity contribution in [2.24, 2.45) is 11.8 Å². The molecule has 4 heteroatoms. The largest absolute Gasteiger partial charge is 0.425 e. The number of carbonyl (C=O) groups excluding carboxylic acids is 1.